The molecule has 0 radical (unpaired) electrons. The molecule has 1 N–H and O–H groups in total. The van der Waals surface area contributed by atoms with Crippen LogP contribution in [0.1, 0.15) is 6.92 Å². The molecule has 76 valence electrons. The summed E-state index contributed by atoms with van der Waals surface area (Å²) in [5, 5.41) is 8.27. The topological polar surface area (TPSA) is 46.5 Å². The molecular weight excluding hydrogens is 189 g/mol. The summed E-state index contributed by atoms with van der Waals surface area (Å²) in [6.07, 6.45) is -4.76. The van der Waals surface area contributed by atoms with Crippen molar-refractivity contribution < 1.29 is 27.8 Å². The fraction of sp³-hybridized carbons (Fsp3) is 0.571. The van der Waals surface area contributed by atoms with Crippen LogP contribution in [0.5, 0.6) is 0 Å². The van der Waals surface area contributed by atoms with Crippen molar-refractivity contribution in [3.63, 3.8) is 0 Å². The van der Waals surface area contributed by atoms with Gasteiger partial charge in [0.2, 0.25) is 0 Å². The molecule has 0 aromatic heterocycles. The molecular formula is C7H9F3O3. The predicted molar refractivity (Wildman–Crippen MR) is 38.2 cm³/mol. The van der Waals surface area contributed by atoms with Gasteiger partial charge < -0.3 is 9.84 Å². The summed E-state index contributed by atoms with van der Waals surface area (Å²) in [6, 6.07) is 0. The van der Waals surface area contributed by atoms with Crippen molar-refractivity contribution in [2.75, 3.05) is 6.61 Å². The molecule has 0 rings (SSSR count). The van der Waals surface area contributed by atoms with Gasteiger partial charge in [-0.05, 0) is 6.92 Å². The van der Waals surface area contributed by atoms with Crippen LogP contribution in [0, 0.1) is 0 Å². The van der Waals surface area contributed by atoms with Gasteiger partial charge in [-0.2, -0.15) is 13.2 Å². The van der Waals surface area contributed by atoms with Gasteiger partial charge in [-0.25, -0.2) is 4.79 Å². The van der Waals surface area contributed by atoms with Crippen LogP contribution in [0.15, 0.2) is 12.2 Å². The molecule has 0 spiro atoms. The Morgan fingerprint density at radius 1 is 1.62 bits per heavy atom. The minimum absolute atomic E-state index is 0.00156. The van der Waals surface area contributed by atoms with E-state index in [9.17, 15) is 18.0 Å². The molecule has 0 aliphatic rings. The molecule has 1 atom stereocenters. The van der Waals surface area contributed by atoms with Gasteiger partial charge in [0.25, 0.3) is 0 Å². The van der Waals surface area contributed by atoms with E-state index in [1.54, 1.807) is 0 Å². The first kappa shape index (κ1) is 12.0. The van der Waals surface area contributed by atoms with E-state index in [0.29, 0.717) is 0 Å². The molecule has 0 aliphatic carbocycles. The summed E-state index contributed by atoms with van der Waals surface area (Å²) in [4.78, 5) is 10.1. The largest absolute Gasteiger partial charge is 0.479 e. The predicted octanol–water partition coefficient (Wildman–Crippen LogP) is 1.59. The third-order valence-electron chi connectivity index (χ3n) is 1.10. The number of carbonyl (C=O) groups is 1. The number of allylic oxidation sites excluding steroid dienone is 1. The van der Waals surface area contributed by atoms with E-state index in [-0.39, 0.29) is 12.7 Å². The highest BCUT2D eigenvalue weighted by Gasteiger charge is 2.21. The number of carboxylic acids is 1. The Hall–Kier alpha value is -1.04. The lowest BCUT2D eigenvalue weighted by Gasteiger charge is -2.05. The van der Waals surface area contributed by atoms with Crippen molar-refractivity contribution in [1.82, 2.24) is 0 Å². The number of carboxylic acid groups (broad SMARTS) is 1. The van der Waals surface area contributed by atoms with E-state index in [4.69, 9.17) is 5.11 Å². The monoisotopic (exact) mass is 198 g/mol. The number of hydrogen-bond acceptors (Lipinski definition) is 2. The average Bonchev–Trinajstić information content (AvgIpc) is 1.95. The zero-order valence-electron chi connectivity index (χ0n) is 6.84. The van der Waals surface area contributed by atoms with Crippen molar-refractivity contribution in [3.05, 3.63) is 12.2 Å². The first-order valence-corrected chi connectivity index (χ1v) is 3.42. The maximum Gasteiger partial charge on any atom is 0.409 e. The normalized spacial score (nSPS) is 14.8. The molecule has 0 aromatic carbocycles. The van der Waals surface area contributed by atoms with Crippen LogP contribution in [-0.4, -0.2) is 30.0 Å². The Kier molecular flexibility index (Phi) is 4.47. The second-order valence-corrected chi connectivity index (χ2v) is 2.26. The zero-order chi connectivity index (χ0) is 10.5. The lowest BCUT2D eigenvalue weighted by molar-refractivity contribution is -0.148. The number of hydrogen-bond donors (Lipinski definition) is 1. The maximum atomic E-state index is 11.5. The quantitative estimate of drug-likeness (QED) is 0.698. The summed E-state index contributed by atoms with van der Waals surface area (Å²) in [5.41, 5.74) is 0. The SMILES string of the molecule is C[C@H](OC/C=C/C(F)(F)F)C(=O)O. The van der Waals surface area contributed by atoms with Crippen LogP contribution in [0.4, 0.5) is 13.2 Å². The van der Waals surface area contributed by atoms with Crippen molar-refractivity contribution in [2.45, 2.75) is 19.2 Å². The Morgan fingerprint density at radius 2 is 2.15 bits per heavy atom. The maximum absolute atomic E-state index is 11.5. The fourth-order valence-corrected chi connectivity index (χ4v) is 0.453. The third-order valence-corrected chi connectivity index (χ3v) is 1.10. The standard InChI is InChI=1S/C7H9F3O3/c1-5(6(11)12)13-4-2-3-7(8,9)10/h2-3,5H,4H2,1H3,(H,11,12)/b3-2+/t5-/m0/s1. The molecule has 0 saturated carbocycles. The number of alkyl halides is 3. The Balaban J connectivity index is 3.68. The van der Waals surface area contributed by atoms with Crippen LogP contribution in [-0.2, 0) is 9.53 Å². The van der Waals surface area contributed by atoms with Crippen LogP contribution in [0.2, 0.25) is 0 Å². The van der Waals surface area contributed by atoms with E-state index >= 15 is 0 Å². The summed E-state index contributed by atoms with van der Waals surface area (Å²) < 4.78 is 39.0. The molecule has 0 aliphatic heterocycles. The number of aliphatic carboxylic acids is 1. The zero-order valence-corrected chi connectivity index (χ0v) is 6.84. The first-order chi connectivity index (χ1) is 5.83. The van der Waals surface area contributed by atoms with Gasteiger partial charge in [0.1, 0.15) is 0 Å². The molecule has 0 amide bonds. The Labute approximate surface area is 72.8 Å². The van der Waals surface area contributed by atoms with E-state index in [2.05, 4.69) is 4.74 Å². The second-order valence-electron chi connectivity index (χ2n) is 2.26. The lowest BCUT2D eigenvalue weighted by Crippen LogP contribution is -2.19. The van der Waals surface area contributed by atoms with Crippen LogP contribution in [0.3, 0.4) is 0 Å². The molecule has 0 bridgehead atoms. The van der Waals surface area contributed by atoms with Gasteiger partial charge in [-0.15, -0.1) is 0 Å². The van der Waals surface area contributed by atoms with Gasteiger partial charge in [0.15, 0.2) is 6.10 Å². The summed E-state index contributed by atoms with van der Waals surface area (Å²) in [6.45, 7) is 0.872. The van der Waals surface area contributed by atoms with Gasteiger partial charge in [0, 0.05) is 6.08 Å². The minimum Gasteiger partial charge on any atom is -0.479 e. The molecule has 13 heavy (non-hydrogen) atoms. The molecule has 0 unspecified atom stereocenters. The number of ether oxygens (including phenoxy) is 1. The van der Waals surface area contributed by atoms with Gasteiger partial charge in [-0.1, -0.05) is 6.08 Å². The molecule has 3 nitrogen and oxygen atoms in total. The third kappa shape index (κ3) is 7.32. The average molecular weight is 198 g/mol. The molecule has 0 heterocycles. The van der Waals surface area contributed by atoms with Gasteiger partial charge in [-0.3, -0.25) is 0 Å². The highest BCUT2D eigenvalue weighted by atomic mass is 19.4. The molecule has 0 saturated heterocycles. The van der Waals surface area contributed by atoms with Gasteiger partial charge in [0.05, 0.1) is 6.61 Å². The summed E-state index contributed by atoms with van der Waals surface area (Å²) in [7, 11) is 0. The number of halogens is 3. The Morgan fingerprint density at radius 3 is 2.54 bits per heavy atom. The van der Waals surface area contributed by atoms with E-state index < -0.39 is 18.2 Å². The Bertz CT molecular complexity index is 198. The van der Waals surface area contributed by atoms with Crippen molar-refractivity contribution in [2.24, 2.45) is 0 Å². The van der Waals surface area contributed by atoms with Crippen molar-refractivity contribution >= 4 is 5.97 Å². The summed E-state index contributed by atoms with van der Waals surface area (Å²) in [5.74, 6) is -1.21. The molecule has 0 aromatic rings. The van der Waals surface area contributed by atoms with Crippen LogP contribution in [0.25, 0.3) is 0 Å². The number of rotatable bonds is 4. The molecule has 6 heteroatoms. The van der Waals surface area contributed by atoms with E-state index in [1.807, 2.05) is 0 Å². The minimum atomic E-state index is -4.38. The smallest absolute Gasteiger partial charge is 0.409 e. The van der Waals surface area contributed by atoms with Gasteiger partial charge >= 0.3 is 12.1 Å². The van der Waals surface area contributed by atoms with Crippen molar-refractivity contribution in [1.29, 1.82) is 0 Å². The summed E-state index contributed by atoms with van der Waals surface area (Å²) >= 11 is 0. The van der Waals surface area contributed by atoms with Crippen LogP contribution < -0.4 is 0 Å². The van der Waals surface area contributed by atoms with Crippen LogP contribution >= 0.6 is 0 Å². The second kappa shape index (κ2) is 4.86. The molecule has 0 fully saturated rings. The highest BCUT2D eigenvalue weighted by molar-refractivity contribution is 5.71. The van der Waals surface area contributed by atoms with E-state index in [0.717, 1.165) is 6.08 Å². The first-order valence-electron chi connectivity index (χ1n) is 3.42. The lowest BCUT2D eigenvalue weighted by atomic mass is 10.4. The van der Waals surface area contributed by atoms with E-state index in [1.165, 1.54) is 6.92 Å². The van der Waals surface area contributed by atoms with Crippen molar-refractivity contribution in [3.8, 4) is 0 Å². The highest BCUT2D eigenvalue weighted by Crippen LogP contribution is 2.15. The fourth-order valence-electron chi connectivity index (χ4n) is 0.453.